The molecule has 1 N–H and O–H groups in total. The van der Waals surface area contributed by atoms with E-state index >= 15 is 0 Å². The van der Waals surface area contributed by atoms with Gasteiger partial charge in [0.25, 0.3) is 0 Å². The van der Waals surface area contributed by atoms with Crippen LogP contribution in [0.5, 0.6) is 0 Å². The fourth-order valence-corrected chi connectivity index (χ4v) is 3.61. The number of hydrogen-bond donors (Lipinski definition) is 1. The molecule has 33 heavy (non-hydrogen) atoms. The summed E-state index contributed by atoms with van der Waals surface area (Å²) in [7, 11) is 1.29. The van der Waals surface area contributed by atoms with E-state index in [2.05, 4.69) is 5.32 Å². The largest absolute Gasteiger partial charge is 0.467 e. The number of amides is 2. The number of carbonyl (C=O) groups is 3. The first kappa shape index (κ1) is 24.1. The number of hydrogen-bond acceptors (Lipinski definition) is 6. The minimum Gasteiger partial charge on any atom is -0.467 e. The number of alkyl carbamates (subject to hydrolysis) is 1. The first-order valence-corrected chi connectivity index (χ1v) is 10.8. The molecule has 1 aliphatic rings. The van der Waals surface area contributed by atoms with Gasteiger partial charge in [0.2, 0.25) is 0 Å². The molecule has 3 rings (SSSR count). The number of fused-ring (bicyclic) bond motifs is 1. The van der Waals surface area contributed by atoms with Gasteiger partial charge in [0.1, 0.15) is 12.2 Å². The van der Waals surface area contributed by atoms with Gasteiger partial charge in [-0.2, -0.15) is 0 Å². The van der Waals surface area contributed by atoms with Crippen LogP contribution in [0.3, 0.4) is 0 Å². The zero-order chi connectivity index (χ0) is 24.0. The number of methoxy groups -OCH3 is 1. The molecule has 2 aromatic rings. The maximum Gasteiger partial charge on any atom is 0.411 e. The number of benzene rings is 2. The summed E-state index contributed by atoms with van der Waals surface area (Å²) in [6, 6.07) is 14.1. The van der Waals surface area contributed by atoms with Crippen LogP contribution in [0.25, 0.3) is 0 Å². The normalized spacial score (nSPS) is 15.3. The van der Waals surface area contributed by atoms with Gasteiger partial charge in [0.05, 0.1) is 7.11 Å². The van der Waals surface area contributed by atoms with Crippen molar-refractivity contribution in [3.05, 3.63) is 70.8 Å². The second-order valence-corrected chi connectivity index (χ2v) is 8.80. The molecule has 1 heterocycles. The quantitative estimate of drug-likeness (QED) is 0.540. The van der Waals surface area contributed by atoms with E-state index in [1.54, 1.807) is 20.8 Å². The SMILES string of the molecule is COC(=O)C1c2cc(CNC(=O)OCc3ccccc3)ccc2CCN1C(=O)OC(C)(C)C. The molecule has 2 amide bonds. The van der Waals surface area contributed by atoms with E-state index in [9.17, 15) is 14.4 Å². The summed E-state index contributed by atoms with van der Waals surface area (Å²) in [5, 5.41) is 2.72. The standard InChI is InChI=1S/C25H30N2O6/c1-25(2,3)33-24(30)27-13-12-19-11-10-18(14-20(19)21(27)22(28)31-4)15-26-23(29)32-16-17-8-6-5-7-9-17/h5-11,14,21H,12-13,15-16H2,1-4H3,(H,26,29). The second kappa shape index (κ2) is 10.4. The Morgan fingerprint density at radius 3 is 2.45 bits per heavy atom. The van der Waals surface area contributed by atoms with Crippen molar-refractivity contribution in [3.8, 4) is 0 Å². The highest BCUT2D eigenvalue weighted by atomic mass is 16.6. The fourth-order valence-electron chi connectivity index (χ4n) is 3.61. The topological polar surface area (TPSA) is 94.2 Å². The van der Waals surface area contributed by atoms with E-state index < -0.39 is 29.8 Å². The Morgan fingerprint density at radius 2 is 1.79 bits per heavy atom. The number of esters is 1. The van der Waals surface area contributed by atoms with Crippen molar-refractivity contribution >= 4 is 18.2 Å². The Bertz CT molecular complexity index is 1000. The van der Waals surface area contributed by atoms with Crippen LogP contribution < -0.4 is 5.32 Å². The summed E-state index contributed by atoms with van der Waals surface area (Å²) < 4.78 is 15.7. The van der Waals surface area contributed by atoms with E-state index in [0.717, 1.165) is 16.7 Å². The lowest BCUT2D eigenvalue weighted by Gasteiger charge is -2.36. The maximum atomic E-state index is 12.8. The van der Waals surface area contributed by atoms with E-state index in [-0.39, 0.29) is 13.2 Å². The second-order valence-electron chi connectivity index (χ2n) is 8.80. The van der Waals surface area contributed by atoms with Gasteiger partial charge in [-0.1, -0.05) is 48.5 Å². The van der Waals surface area contributed by atoms with Crippen molar-refractivity contribution < 1.29 is 28.6 Å². The van der Waals surface area contributed by atoms with Crippen LogP contribution in [-0.2, 0) is 38.6 Å². The summed E-state index contributed by atoms with van der Waals surface area (Å²) in [5.41, 5.74) is 2.58. The van der Waals surface area contributed by atoms with Crippen LogP contribution in [0, 0.1) is 0 Å². The lowest BCUT2D eigenvalue weighted by molar-refractivity contribution is -0.147. The molecule has 0 saturated carbocycles. The van der Waals surface area contributed by atoms with Gasteiger partial charge >= 0.3 is 18.2 Å². The average Bonchev–Trinajstić information content (AvgIpc) is 2.79. The number of nitrogens with zero attached hydrogens (tertiary/aromatic N) is 1. The lowest BCUT2D eigenvalue weighted by atomic mass is 9.91. The van der Waals surface area contributed by atoms with Gasteiger partial charge in [-0.05, 0) is 49.4 Å². The van der Waals surface area contributed by atoms with Gasteiger partial charge in [-0.25, -0.2) is 14.4 Å². The van der Waals surface area contributed by atoms with Crippen molar-refractivity contribution in [1.29, 1.82) is 0 Å². The minimum absolute atomic E-state index is 0.173. The molecule has 0 bridgehead atoms. The van der Waals surface area contributed by atoms with Gasteiger partial charge in [0.15, 0.2) is 6.04 Å². The Hall–Kier alpha value is -3.55. The van der Waals surface area contributed by atoms with Crippen LogP contribution >= 0.6 is 0 Å². The van der Waals surface area contributed by atoms with E-state index in [0.29, 0.717) is 18.5 Å². The molecule has 0 spiro atoms. The molecule has 0 aromatic heterocycles. The molecule has 1 unspecified atom stereocenters. The summed E-state index contributed by atoms with van der Waals surface area (Å²) in [6.07, 6.45) is -0.539. The molecule has 0 radical (unpaired) electrons. The Balaban J connectivity index is 1.71. The highest BCUT2D eigenvalue weighted by Gasteiger charge is 2.39. The Morgan fingerprint density at radius 1 is 1.06 bits per heavy atom. The predicted molar refractivity (Wildman–Crippen MR) is 121 cm³/mol. The molecule has 1 atom stereocenters. The third-order valence-corrected chi connectivity index (χ3v) is 5.14. The molecule has 1 aliphatic heterocycles. The molecule has 0 fully saturated rings. The van der Waals surface area contributed by atoms with Crippen LogP contribution in [0.4, 0.5) is 9.59 Å². The van der Waals surface area contributed by atoms with Crippen LogP contribution in [0.2, 0.25) is 0 Å². The Labute approximate surface area is 193 Å². The first-order chi connectivity index (χ1) is 15.7. The van der Waals surface area contributed by atoms with E-state index in [1.807, 2.05) is 48.5 Å². The molecular formula is C25H30N2O6. The molecule has 0 saturated heterocycles. The third-order valence-electron chi connectivity index (χ3n) is 5.14. The summed E-state index contributed by atoms with van der Waals surface area (Å²) in [4.78, 5) is 38.9. The van der Waals surface area contributed by atoms with E-state index in [4.69, 9.17) is 14.2 Å². The molecule has 8 nitrogen and oxygen atoms in total. The van der Waals surface area contributed by atoms with Gasteiger partial charge in [-0.15, -0.1) is 0 Å². The Kier molecular flexibility index (Phi) is 7.58. The first-order valence-electron chi connectivity index (χ1n) is 10.8. The van der Waals surface area contributed by atoms with Crippen LogP contribution in [-0.4, -0.2) is 42.3 Å². The van der Waals surface area contributed by atoms with Crippen molar-refractivity contribution in [1.82, 2.24) is 10.2 Å². The monoisotopic (exact) mass is 454 g/mol. The zero-order valence-electron chi connectivity index (χ0n) is 19.4. The van der Waals surface area contributed by atoms with E-state index in [1.165, 1.54) is 12.0 Å². The highest BCUT2D eigenvalue weighted by molar-refractivity contribution is 5.84. The number of nitrogens with one attached hydrogen (secondary N) is 1. The predicted octanol–water partition coefficient (Wildman–Crippen LogP) is 4.12. The fraction of sp³-hybridized carbons (Fsp3) is 0.400. The molecule has 176 valence electrons. The van der Waals surface area contributed by atoms with Crippen LogP contribution in [0.15, 0.2) is 48.5 Å². The number of ether oxygens (including phenoxy) is 3. The summed E-state index contributed by atoms with van der Waals surface area (Å²) >= 11 is 0. The van der Waals surface area contributed by atoms with Gasteiger partial charge < -0.3 is 19.5 Å². The van der Waals surface area contributed by atoms with Crippen molar-refractivity contribution in [3.63, 3.8) is 0 Å². The maximum absolute atomic E-state index is 12.8. The van der Waals surface area contributed by atoms with Crippen molar-refractivity contribution in [2.75, 3.05) is 13.7 Å². The average molecular weight is 455 g/mol. The number of carbonyl (C=O) groups excluding carboxylic acids is 3. The number of rotatable bonds is 5. The smallest absolute Gasteiger partial charge is 0.411 e. The van der Waals surface area contributed by atoms with Gasteiger partial charge in [-0.3, -0.25) is 4.90 Å². The molecular weight excluding hydrogens is 424 g/mol. The summed E-state index contributed by atoms with van der Waals surface area (Å²) in [6.45, 7) is 6.04. The lowest BCUT2D eigenvalue weighted by Crippen LogP contribution is -2.46. The van der Waals surface area contributed by atoms with Crippen molar-refractivity contribution in [2.45, 2.75) is 52.0 Å². The van der Waals surface area contributed by atoms with Crippen LogP contribution in [0.1, 0.15) is 49.1 Å². The molecule has 2 aromatic carbocycles. The third kappa shape index (κ3) is 6.47. The molecule has 8 heteroatoms. The zero-order valence-corrected chi connectivity index (χ0v) is 19.4. The minimum atomic E-state index is -0.918. The highest BCUT2D eigenvalue weighted by Crippen LogP contribution is 2.33. The molecule has 0 aliphatic carbocycles. The van der Waals surface area contributed by atoms with Gasteiger partial charge in [0, 0.05) is 13.1 Å². The summed E-state index contributed by atoms with van der Waals surface area (Å²) in [5.74, 6) is -0.547. The van der Waals surface area contributed by atoms with Crippen molar-refractivity contribution in [2.24, 2.45) is 0 Å².